The van der Waals surface area contributed by atoms with Crippen LogP contribution in [0.4, 0.5) is 0 Å². The molecule has 5 heteroatoms. The molecular weight excluding hydrogens is 344 g/mol. The molecule has 5 nitrogen and oxygen atoms in total. The highest BCUT2D eigenvalue weighted by Crippen LogP contribution is 2.50. The maximum atomic E-state index is 12.8. The van der Waals surface area contributed by atoms with E-state index in [9.17, 15) is 14.4 Å². The molecule has 0 aliphatic carbocycles. The topological polar surface area (TPSA) is 69.7 Å². The van der Waals surface area contributed by atoms with Crippen molar-refractivity contribution in [2.24, 2.45) is 11.3 Å². The summed E-state index contributed by atoms with van der Waals surface area (Å²) in [6.45, 7) is 3.34. The molecule has 0 spiro atoms. The largest absolute Gasteiger partial charge is 0.465 e. The van der Waals surface area contributed by atoms with E-state index in [1.165, 1.54) is 6.92 Å². The van der Waals surface area contributed by atoms with E-state index >= 15 is 0 Å². The number of ether oxygens (including phenoxy) is 2. The number of ketones is 1. The Morgan fingerprint density at radius 3 is 2.22 bits per heavy atom. The third-order valence-corrected chi connectivity index (χ3v) is 5.09. The average molecular weight is 366 g/mol. The van der Waals surface area contributed by atoms with Gasteiger partial charge in [0.2, 0.25) is 0 Å². The number of hydrogen-bond acceptors (Lipinski definition) is 5. The van der Waals surface area contributed by atoms with E-state index in [4.69, 9.17) is 9.47 Å². The normalized spacial score (nSPS) is 24.3. The molecule has 0 amide bonds. The van der Waals surface area contributed by atoms with Crippen molar-refractivity contribution in [3.63, 3.8) is 0 Å². The molecule has 1 saturated heterocycles. The lowest BCUT2D eigenvalue weighted by molar-refractivity contribution is -0.164. The van der Waals surface area contributed by atoms with E-state index in [-0.39, 0.29) is 18.8 Å². The van der Waals surface area contributed by atoms with Crippen molar-refractivity contribution in [1.82, 2.24) is 0 Å². The van der Waals surface area contributed by atoms with Gasteiger partial charge in [0.05, 0.1) is 6.61 Å². The van der Waals surface area contributed by atoms with Crippen molar-refractivity contribution in [3.8, 4) is 0 Å². The van der Waals surface area contributed by atoms with Crippen LogP contribution in [0.1, 0.15) is 42.3 Å². The Morgan fingerprint density at radius 1 is 1.04 bits per heavy atom. The van der Waals surface area contributed by atoms with Gasteiger partial charge in [-0.1, -0.05) is 60.7 Å². The molecule has 27 heavy (non-hydrogen) atoms. The van der Waals surface area contributed by atoms with Crippen molar-refractivity contribution >= 4 is 17.7 Å². The number of Topliss-reactive ketones (excluding diaryl/α,β-unsaturated/α-hetero) is 1. The number of carbonyl (C=O) groups is 3. The van der Waals surface area contributed by atoms with Crippen LogP contribution < -0.4 is 0 Å². The maximum absolute atomic E-state index is 12.8. The highest BCUT2D eigenvalue weighted by Gasteiger charge is 2.60. The quantitative estimate of drug-likeness (QED) is 0.442. The first-order chi connectivity index (χ1) is 13.0. The van der Waals surface area contributed by atoms with Crippen LogP contribution in [0, 0.1) is 11.3 Å². The lowest BCUT2D eigenvalue weighted by atomic mass is 9.72. The average Bonchev–Trinajstić information content (AvgIpc) is 2.95. The molecule has 0 aromatic heterocycles. The number of carbonyl (C=O) groups excluding carboxylic acids is 3. The van der Waals surface area contributed by atoms with Crippen molar-refractivity contribution in [1.29, 1.82) is 0 Å². The number of hydrogen-bond donors (Lipinski definition) is 0. The van der Waals surface area contributed by atoms with Gasteiger partial charge < -0.3 is 9.47 Å². The zero-order chi connectivity index (χ0) is 19.4. The van der Waals surface area contributed by atoms with Crippen molar-refractivity contribution in [2.45, 2.75) is 26.4 Å². The Kier molecular flexibility index (Phi) is 5.40. The highest BCUT2D eigenvalue weighted by atomic mass is 16.6. The Labute approximate surface area is 158 Å². The van der Waals surface area contributed by atoms with Crippen LogP contribution in [0.15, 0.2) is 60.7 Å². The molecule has 0 saturated carbocycles. The molecule has 3 atom stereocenters. The molecule has 1 aliphatic heterocycles. The fraction of sp³-hybridized carbons (Fsp3) is 0.318. The van der Waals surface area contributed by atoms with Crippen molar-refractivity contribution in [3.05, 3.63) is 71.8 Å². The molecule has 0 N–H and O–H groups in total. The molecule has 2 aromatic rings. The van der Waals surface area contributed by atoms with E-state index in [2.05, 4.69) is 0 Å². The maximum Gasteiger partial charge on any atom is 0.324 e. The van der Waals surface area contributed by atoms with Gasteiger partial charge in [-0.05, 0) is 19.4 Å². The summed E-state index contributed by atoms with van der Waals surface area (Å²) >= 11 is 0. The molecule has 140 valence electrons. The minimum Gasteiger partial charge on any atom is -0.465 e. The summed E-state index contributed by atoms with van der Waals surface area (Å²) in [6, 6.07) is 18.0. The molecule has 2 aromatic carbocycles. The summed E-state index contributed by atoms with van der Waals surface area (Å²) in [6.07, 6.45) is -0.675. The van der Waals surface area contributed by atoms with Crippen LogP contribution in [0.3, 0.4) is 0 Å². The van der Waals surface area contributed by atoms with Gasteiger partial charge in [0, 0.05) is 17.9 Å². The van der Waals surface area contributed by atoms with Gasteiger partial charge in [0.1, 0.15) is 6.10 Å². The zero-order valence-electron chi connectivity index (χ0n) is 15.4. The smallest absolute Gasteiger partial charge is 0.324 e. The van der Waals surface area contributed by atoms with Crippen molar-refractivity contribution < 1.29 is 23.9 Å². The first kappa shape index (κ1) is 18.8. The van der Waals surface area contributed by atoms with Gasteiger partial charge in [-0.2, -0.15) is 0 Å². The molecule has 0 bridgehead atoms. The summed E-state index contributed by atoms with van der Waals surface area (Å²) in [5.74, 6) is -2.10. The summed E-state index contributed by atoms with van der Waals surface area (Å²) in [4.78, 5) is 38.2. The molecule has 3 rings (SSSR count). The van der Waals surface area contributed by atoms with Gasteiger partial charge in [0.25, 0.3) is 0 Å². The van der Waals surface area contributed by atoms with Crippen LogP contribution in [-0.2, 0) is 19.1 Å². The Bertz CT molecular complexity index is 830. The number of cyclic esters (lactones) is 1. The lowest BCUT2D eigenvalue weighted by Crippen LogP contribution is -2.41. The van der Waals surface area contributed by atoms with E-state index in [1.807, 2.05) is 36.4 Å². The van der Waals surface area contributed by atoms with Crippen molar-refractivity contribution in [2.75, 3.05) is 6.61 Å². The SMILES string of the molecule is CCOC(=O)C1(C)C(=O)O[C@@H](c2ccccc2)[C@H]1CC(=O)c1ccccc1. The second-order valence-corrected chi connectivity index (χ2v) is 6.76. The van der Waals surface area contributed by atoms with Gasteiger partial charge in [0.15, 0.2) is 11.2 Å². The summed E-state index contributed by atoms with van der Waals surface area (Å²) in [5.41, 5.74) is -0.236. The Hall–Kier alpha value is -2.95. The summed E-state index contributed by atoms with van der Waals surface area (Å²) in [5, 5.41) is 0. The fourth-order valence-corrected chi connectivity index (χ4v) is 3.49. The summed E-state index contributed by atoms with van der Waals surface area (Å²) < 4.78 is 10.7. The van der Waals surface area contributed by atoms with E-state index < -0.39 is 29.4 Å². The third-order valence-electron chi connectivity index (χ3n) is 5.09. The number of rotatable bonds is 6. The molecule has 0 radical (unpaired) electrons. The molecule has 1 unspecified atom stereocenters. The van der Waals surface area contributed by atoms with Crippen LogP contribution in [0.2, 0.25) is 0 Å². The standard InChI is InChI=1S/C22H22O5/c1-3-26-20(24)22(2)17(14-18(23)15-10-6-4-7-11-15)19(27-21(22)25)16-12-8-5-9-13-16/h4-13,17,19H,3,14H2,1-2H3/t17-,19+,22?/m1/s1. The van der Waals surface area contributed by atoms with Gasteiger partial charge in [-0.3, -0.25) is 14.4 Å². The van der Waals surface area contributed by atoms with Crippen LogP contribution >= 0.6 is 0 Å². The highest BCUT2D eigenvalue weighted by molar-refractivity contribution is 6.03. The summed E-state index contributed by atoms with van der Waals surface area (Å²) in [7, 11) is 0. The molecular formula is C22H22O5. The number of benzene rings is 2. The Morgan fingerprint density at radius 2 is 1.63 bits per heavy atom. The molecule has 1 fully saturated rings. The van der Waals surface area contributed by atoms with E-state index in [0.29, 0.717) is 5.56 Å². The molecule has 1 aliphatic rings. The monoisotopic (exact) mass is 366 g/mol. The number of esters is 2. The van der Waals surface area contributed by atoms with Gasteiger partial charge >= 0.3 is 11.9 Å². The minimum absolute atomic E-state index is 0.00459. The molecule has 1 heterocycles. The second kappa shape index (κ2) is 7.74. The fourth-order valence-electron chi connectivity index (χ4n) is 3.49. The Balaban J connectivity index is 1.99. The van der Waals surface area contributed by atoms with Crippen LogP contribution in [0.25, 0.3) is 0 Å². The minimum atomic E-state index is -1.53. The predicted molar refractivity (Wildman–Crippen MR) is 98.9 cm³/mol. The first-order valence-electron chi connectivity index (χ1n) is 9.00. The van der Waals surface area contributed by atoms with E-state index in [1.54, 1.807) is 31.2 Å². The second-order valence-electron chi connectivity index (χ2n) is 6.76. The third kappa shape index (κ3) is 3.50. The van der Waals surface area contributed by atoms with Crippen LogP contribution in [-0.4, -0.2) is 24.3 Å². The zero-order valence-corrected chi connectivity index (χ0v) is 15.4. The van der Waals surface area contributed by atoms with Crippen LogP contribution in [0.5, 0.6) is 0 Å². The van der Waals surface area contributed by atoms with Gasteiger partial charge in [-0.25, -0.2) is 0 Å². The van der Waals surface area contributed by atoms with Gasteiger partial charge in [-0.15, -0.1) is 0 Å². The lowest BCUT2D eigenvalue weighted by Gasteiger charge is -2.26. The predicted octanol–water partition coefficient (Wildman–Crippen LogP) is 3.74. The first-order valence-corrected chi connectivity index (χ1v) is 9.00. The van der Waals surface area contributed by atoms with E-state index in [0.717, 1.165) is 5.56 Å².